The number of anilines is 1. The third-order valence-electron chi connectivity index (χ3n) is 3.90. The lowest BCUT2D eigenvalue weighted by atomic mass is 10.1. The van der Waals surface area contributed by atoms with E-state index in [0.29, 0.717) is 0 Å². The fourth-order valence-electron chi connectivity index (χ4n) is 2.45. The van der Waals surface area contributed by atoms with E-state index in [1.807, 2.05) is 30.3 Å². The van der Waals surface area contributed by atoms with E-state index in [2.05, 4.69) is 10.6 Å². The number of methoxy groups -OCH3 is 1. The predicted octanol–water partition coefficient (Wildman–Crippen LogP) is 1.83. The molecule has 0 saturated heterocycles. The molecule has 0 aliphatic carbocycles. The van der Waals surface area contributed by atoms with Crippen molar-refractivity contribution in [3.63, 3.8) is 0 Å². The minimum absolute atomic E-state index is 0.0463. The number of nitro benzene ring substituents is 1. The maximum absolute atomic E-state index is 11.9. The number of carbonyl (C=O) groups excluding carboxylic acids is 3. The zero-order valence-electron chi connectivity index (χ0n) is 16.3. The first-order chi connectivity index (χ1) is 14.4. The van der Waals surface area contributed by atoms with Crippen LogP contribution in [0.5, 0.6) is 5.75 Å². The molecule has 0 bridgehead atoms. The van der Waals surface area contributed by atoms with Crippen molar-refractivity contribution in [3.8, 4) is 5.75 Å². The van der Waals surface area contributed by atoms with Gasteiger partial charge in [0, 0.05) is 6.54 Å². The molecule has 0 saturated carbocycles. The van der Waals surface area contributed by atoms with Gasteiger partial charge in [-0.2, -0.15) is 0 Å². The van der Waals surface area contributed by atoms with E-state index in [1.54, 1.807) is 0 Å². The van der Waals surface area contributed by atoms with Crippen molar-refractivity contribution in [3.05, 3.63) is 64.2 Å². The summed E-state index contributed by atoms with van der Waals surface area (Å²) in [5.74, 6) is -1.39. The molecule has 158 valence electrons. The summed E-state index contributed by atoms with van der Waals surface area (Å²) in [6, 6.07) is 13.1. The largest absolute Gasteiger partial charge is 0.496 e. The van der Waals surface area contributed by atoms with Gasteiger partial charge in [-0.15, -0.1) is 0 Å². The molecule has 0 spiro atoms. The average Bonchev–Trinajstić information content (AvgIpc) is 2.73. The number of hydrogen-bond acceptors (Lipinski definition) is 7. The minimum atomic E-state index is -0.732. The summed E-state index contributed by atoms with van der Waals surface area (Å²) in [4.78, 5) is 45.9. The van der Waals surface area contributed by atoms with Crippen LogP contribution in [0.25, 0.3) is 0 Å². The Morgan fingerprint density at radius 2 is 1.80 bits per heavy atom. The Kier molecular flexibility index (Phi) is 8.30. The fourth-order valence-corrected chi connectivity index (χ4v) is 2.45. The van der Waals surface area contributed by atoms with Crippen LogP contribution in [0.4, 0.5) is 11.4 Å². The summed E-state index contributed by atoms with van der Waals surface area (Å²) >= 11 is 0. The van der Waals surface area contributed by atoms with Crippen LogP contribution in [0.15, 0.2) is 48.5 Å². The predicted molar refractivity (Wildman–Crippen MR) is 107 cm³/mol. The van der Waals surface area contributed by atoms with Crippen LogP contribution in [0, 0.1) is 10.1 Å². The van der Waals surface area contributed by atoms with Gasteiger partial charge in [-0.1, -0.05) is 30.3 Å². The van der Waals surface area contributed by atoms with Crippen molar-refractivity contribution >= 4 is 29.2 Å². The molecule has 2 aromatic carbocycles. The summed E-state index contributed by atoms with van der Waals surface area (Å²) in [5, 5.41) is 16.0. The third-order valence-corrected chi connectivity index (χ3v) is 3.90. The number of benzene rings is 2. The number of nitro groups is 1. The molecule has 0 heterocycles. The first-order valence-corrected chi connectivity index (χ1v) is 8.97. The summed E-state index contributed by atoms with van der Waals surface area (Å²) < 4.78 is 9.74. The van der Waals surface area contributed by atoms with Gasteiger partial charge >= 0.3 is 5.97 Å². The second kappa shape index (κ2) is 11.1. The Bertz CT molecular complexity index is 916. The molecule has 2 aromatic rings. The van der Waals surface area contributed by atoms with Crippen LogP contribution in [-0.4, -0.2) is 43.0 Å². The molecule has 0 unspecified atom stereocenters. The third kappa shape index (κ3) is 7.23. The van der Waals surface area contributed by atoms with Gasteiger partial charge in [0.05, 0.1) is 30.9 Å². The quantitative estimate of drug-likeness (QED) is 0.343. The van der Waals surface area contributed by atoms with Crippen molar-refractivity contribution < 1.29 is 28.8 Å². The topological polar surface area (TPSA) is 137 Å². The first-order valence-electron chi connectivity index (χ1n) is 8.97. The van der Waals surface area contributed by atoms with Crippen molar-refractivity contribution in [2.24, 2.45) is 0 Å². The van der Waals surface area contributed by atoms with Crippen molar-refractivity contribution in [2.45, 2.75) is 12.8 Å². The molecule has 0 radical (unpaired) electrons. The Morgan fingerprint density at radius 1 is 1.07 bits per heavy atom. The van der Waals surface area contributed by atoms with Crippen LogP contribution in [0.2, 0.25) is 0 Å². The van der Waals surface area contributed by atoms with Gasteiger partial charge in [0.15, 0.2) is 6.61 Å². The molecular formula is C20H21N3O7. The number of carbonyl (C=O) groups is 3. The average molecular weight is 415 g/mol. The SMILES string of the molecule is COc1ccc(NC(=O)COC(=O)CCNC(=O)Cc2ccccc2)c([N+](=O)[O-])c1. The maximum atomic E-state index is 11.9. The Hall–Kier alpha value is -3.95. The molecule has 0 aromatic heterocycles. The van der Waals surface area contributed by atoms with Gasteiger partial charge in [-0.3, -0.25) is 24.5 Å². The van der Waals surface area contributed by atoms with Crippen LogP contribution in [0.3, 0.4) is 0 Å². The highest BCUT2D eigenvalue weighted by Gasteiger charge is 2.18. The number of rotatable bonds is 10. The van der Waals surface area contributed by atoms with Gasteiger partial charge < -0.3 is 20.1 Å². The van der Waals surface area contributed by atoms with Gasteiger partial charge in [0.2, 0.25) is 5.91 Å². The lowest BCUT2D eigenvalue weighted by Crippen LogP contribution is -2.28. The highest BCUT2D eigenvalue weighted by molar-refractivity contribution is 5.95. The standard InChI is InChI=1S/C20H21N3O7/c1-29-15-7-8-16(17(12-15)23(27)28)22-19(25)13-30-20(26)9-10-21-18(24)11-14-5-3-2-4-6-14/h2-8,12H,9-11,13H2,1H3,(H,21,24)(H,22,25). The number of nitrogens with one attached hydrogen (secondary N) is 2. The maximum Gasteiger partial charge on any atom is 0.308 e. The highest BCUT2D eigenvalue weighted by atomic mass is 16.6. The van der Waals surface area contributed by atoms with Crippen LogP contribution < -0.4 is 15.4 Å². The number of amides is 2. The van der Waals surface area contributed by atoms with E-state index >= 15 is 0 Å². The first kappa shape index (κ1) is 22.3. The molecule has 30 heavy (non-hydrogen) atoms. The Morgan fingerprint density at radius 3 is 2.47 bits per heavy atom. The van der Waals surface area contributed by atoms with E-state index in [1.165, 1.54) is 25.3 Å². The van der Waals surface area contributed by atoms with Crippen molar-refractivity contribution in [2.75, 3.05) is 25.6 Å². The molecule has 10 nitrogen and oxygen atoms in total. The molecule has 2 rings (SSSR count). The zero-order chi connectivity index (χ0) is 21.9. The molecule has 10 heteroatoms. The van der Waals surface area contributed by atoms with E-state index in [-0.39, 0.29) is 42.4 Å². The molecule has 0 fully saturated rings. The molecule has 2 N–H and O–H groups in total. The summed E-state index contributed by atoms with van der Waals surface area (Å²) in [5.41, 5.74) is 0.451. The van der Waals surface area contributed by atoms with Gasteiger partial charge in [-0.05, 0) is 17.7 Å². The van der Waals surface area contributed by atoms with Crippen LogP contribution >= 0.6 is 0 Å². The number of hydrogen-bond donors (Lipinski definition) is 2. The molecule has 0 aliphatic rings. The molecular weight excluding hydrogens is 394 g/mol. The number of esters is 1. The summed E-state index contributed by atoms with van der Waals surface area (Å²) in [6.45, 7) is -0.546. The van der Waals surface area contributed by atoms with Gasteiger partial charge in [0.25, 0.3) is 11.6 Å². The van der Waals surface area contributed by atoms with Crippen molar-refractivity contribution in [1.29, 1.82) is 0 Å². The van der Waals surface area contributed by atoms with Gasteiger partial charge in [0.1, 0.15) is 11.4 Å². The second-order valence-electron chi connectivity index (χ2n) is 6.11. The number of nitrogens with zero attached hydrogens (tertiary/aromatic N) is 1. The van der Waals surface area contributed by atoms with E-state index in [4.69, 9.17) is 9.47 Å². The summed E-state index contributed by atoms with van der Waals surface area (Å²) in [7, 11) is 1.36. The fraction of sp³-hybridized carbons (Fsp3) is 0.250. The zero-order valence-corrected chi connectivity index (χ0v) is 16.3. The van der Waals surface area contributed by atoms with E-state index in [0.717, 1.165) is 5.56 Å². The Balaban J connectivity index is 1.72. The van der Waals surface area contributed by atoms with Crippen LogP contribution in [0.1, 0.15) is 12.0 Å². The highest BCUT2D eigenvalue weighted by Crippen LogP contribution is 2.28. The van der Waals surface area contributed by atoms with Crippen molar-refractivity contribution in [1.82, 2.24) is 5.32 Å². The molecule has 0 aliphatic heterocycles. The normalized spacial score (nSPS) is 10.0. The number of ether oxygens (including phenoxy) is 2. The monoisotopic (exact) mass is 415 g/mol. The lowest BCUT2D eigenvalue weighted by molar-refractivity contribution is -0.384. The second-order valence-corrected chi connectivity index (χ2v) is 6.11. The molecule has 2 amide bonds. The van der Waals surface area contributed by atoms with Crippen LogP contribution in [-0.2, 0) is 25.5 Å². The summed E-state index contributed by atoms with van der Waals surface area (Å²) in [6.07, 6.45) is 0.0788. The smallest absolute Gasteiger partial charge is 0.308 e. The minimum Gasteiger partial charge on any atom is -0.496 e. The Labute approximate surface area is 172 Å². The van der Waals surface area contributed by atoms with Gasteiger partial charge in [-0.25, -0.2) is 0 Å². The molecule has 0 atom stereocenters. The van der Waals surface area contributed by atoms with E-state index < -0.39 is 23.4 Å². The van der Waals surface area contributed by atoms with E-state index in [9.17, 15) is 24.5 Å². The lowest BCUT2D eigenvalue weighted by Gasteiger charge is -2.09.